The highest BCUT2D eigenvalue weighted by Gasteiger charge is 2.27. The van der Waals surface area contributed by atoms with E-state index in [1.165, 1.54) is 18.2 Å². The first-order chi connectivity index (χ1) is 10.7. The van der Waals surface area contributed by atoms with Crippen LogP contribution in [0.2, 0.25) is 0 Å². The van der Waals surface area contributed by atoms with Crippen molar-refractivity contribution in [3.05, 3.63) is 29.3 Å². The Morgan fingerprint density at radius 2 is 2.04 bits per heavy atom. The molecule has 0 spiro atoms. The second kappa shape index (κ2) is 6.37. The molecule has 1 heterocycles. The second-order valence-electron chi connectivity index (χ2n) is 5.10. The molecule has 1 fully saturated rings. The molecule has 3 amide bonds. The number of benzene rings is 1. The first-order valence-electron chi connectivity index (χ1n) is 6.76. The van der Waals surface area contributed by atoms with Crippen LogP contribution in [0.5, 0.6) is 0 Å². The molecule has 1 aliphatic heterocycles. The molecule has 2 rings (SSSR count). The summed E-state index contributed by atoms with van der Waals surface area (Å²) in [6.45, 7) is 1.61. The summed E-state index contributed by atoms with van der Waals surface area (Å²) >= 11 is 0. The van der Waals surface area contributed by atoms with E-state index in [4.69, 9.17) is 4.74 Å². The average Bonchev–Trinajstić information content (AvgIpc) is 2.90. The largest absolute Gasteiger partial charge is 0.452 e. The van der Waals surface area contributed by atoms with E-state index in [0.29, 0.717) is 12.1 Å². The van der Waals surface area contributed by atoms with Crippen LogP contribution >= 0.6 is 0 Å². The summed E-state index contributed by atoms with van der Waals surface area (Å²) in [6, 6.07) is 3.56. The lowest BCUT2D eigenvalue weighted by Gasteiger charge is -2.13. The molecule has 23 heavy (non-hydrogen) atoms. The summed E-state index contributed by atoms with van der Waals surface area (Å²) in [4.78, 5) is 36.1. The molecule has 1 saturated heterocycles. The Kier molecular flexibility index (Phi) is 4.69. The number of nitrogens with zero attached hydrogens (tertiary/aromatic N) is 1. The van der Waals surface area contributed by atoms with Crippen molar-refractivity contribution in [2.45, 2.75) is 11.8 Å². The van der Waals surface area contributed by atoms with Gasteiger partial charge in [0.15, 0.2) is 16.4 Å². The van der Waals surface area contributed by atoms with Crippen LogP contribution in [-0.4, -0.2) is 57.2 Å². The standard InChI is InChI=1S/C14H16N2O6S/c1-9-3-4-10(23(2,20)21)7-11(9)13(18)22-8-12(17)16-6-5-15-14(16)19/h3-4,7H,5-6,8H2,1-2H3,(H,15,19). The summed E-state index contributed by atoms with van der Waals surface area (Å²) < 4.78 is 28.0. The van der Waals surface area contributed by atoms with E-state index < -0.39 is 34.4 Å². The summed E-state index contributed by atoms with van der Waals surface area (Å²) in [6.07, 6.45) is 1.03. The number of imide groups is 1. The third-order valence-electron chi connectivity index (χ3n) is 3.34. The summed E-state index contributed by atoms with van der Waals surface area (Å²) in [5.74, 6) is -1.45. The monoisotopic (exact) mass is 340 g/mol. The van der Waals surface area contributed by atoms with E-state index in [9.17, 15) is 22.8 Å². The highest BCUT2D eigenvalue weighted by atomic mass is 32.2. The second-order valence-corrected chi connectivity index (χ2v) is 7.12. The topological polar surface area (TPSA) is 110 Å². The Hall–Kier alpha value is -2.42. The van der Waals surface area contributed by atoms with Gasteiger partial charge in [0.05, 0.1) is 10.5 Å². The molecule has 1 N–H and O–H groups in total. The molecular formula is C14H16N2O6S. The van der Waals surface area contributed by atoms with Crippen LogP contribution in [0.4, 0.5) is 4.79 Å². The molecule has 0 radical (unpaired) electrons. The zero-order valence-electron chi connectivity index (χ0n) is 12.7. The highest BCUT2D eigenvalue weighted by Crippen LogP contribution is 2.16. The van der Waals surface area contributed by atoms with Gasteiger partial charge in [0.2, 0.25) is 0 Å². The number of nitrogens with one attached hydrogen (secondary N) is 1. The molecule has 1 aromatic carbocycles. The van der Waals surface area contributed by atoms with Gasteiger partial charge in [0.1, 0.15) is 0 Å². The Morgan fingerprint density at radius 3 is 2.61 bits per heavy atom. The van der Waals surface area contributed by atoms with Crippen LogP contribution < -0.4 is 5.32 Å². The lowest BCUT2D eigenvalue weighted by molar-refractivity contribution is -0.130. The summed E-state index contributed by atoms with van der Waals surface area (Å²) in [5.41, 5.74) is 0.584. The fourth-order valence-corrected chi connectivity index (χ4v) is 2.69. The zero-order chi connectivity index (χ0) is 17.2. The van der Waals surface area contributed by atoms with Gasteiger partial charge in [-0.15, -0.1) is 0 Å². The van der Waals surface area contributed by atoms with Gasteiger partial charge in [0.25, 0.3) is 5.91 Å². The SMILES string of the molecule is Cc1ccc(S(C)(=O)=O)cc1C(=O)OCC(=O)N1CCNC1=O. The molecule has 9 heteroatoms. The van der Waals surface area contributed by atoms with Gasteiger partial charge in [-0.05, 0) is 24.6 Å². The van der Waals surface area contributed by atoms with Gasteiger partial charge in [-0.1, -0.05) is 6.07 Å². The van der Waals surface area contributed by atoms with Gasteiger partial charge in [-0.25, -0.2) is 18.0 Å². The van der Waals surface area contributed by atoms with Crippen molar-refractivity contribution in [1.82, 2.24) is 10.2 Å². The molecule has 1 aliphatic rings. The summed E-state index contributed by atoms with van der Waals surface area (Å²) in [7, 11) is -3.46. The minimum absolute atomic E-state index is 0.0136. The molecule has 124 valence electrons. The third-order valence-corrected chi connectivity index (χ3v) is 4.45. The van der Waals surface area contributed by atoms with Crippen molar-refractivity contribution >= 4 is 27.7 Å². The fourth-order valence-electron chi connectivity index (χ4n) is 2.04. The van der Waals surface area contributed by atoms with E-state index in [-0.39, 0.29) is 17.0 Å². The minimum atomic E-state index is -3.46. The van der Waals surface area contributed by atoms with Crippen molar-refractivity contribution in [2.75, 3.05) is 26.0 Å². The molecule has 1 aromatic rings. The fraction of sp³-hybridized carbons (Fsp3) is 0.357. The van der Waals surface area contributed by atoms with Crippen LogP contribution in [0.15, 0.2) is 23.1 Å². The number of urea groups is 1. The van der Waals surface area contributed by atoms with Gasteiger partial charge in [0, 0.05) is 19.3 Å². The molecule has 0 saturated carbocycles. The van der Waals surface area contributed by atoms with Gasteiger partial charge in [-0.3, -0.25) is 9.69 Å². The molecule has 8 nitrogen and oxygen atoms in total. The molecule has 0 aromatic heterocycles. The van der Waals surface area contributed by atoms with E-state index in [0.717, 1.165) is 11.2 Å². The maximum atomic E-state index is 12.1. The van der Waals surface area contributed by atoms with Crippen LogP contribution in [0, 0.1) is 6.92 Å². The number of rotatable bonds is 4. The van der Waals surface area contributed by atoms with Crippen molar-refractivity contribution in [3.63, 3.8) is 0 Å². The predicted molar refractivity (Wildman–Crippen MR) is 79.7 cm³/mol. The molecule has 0 atom stereocenters. The van der Waals surface area contributed by atoms with Crippen molar-refractivity contribution in [2.24, 2.45) is 0 Å². The molecule has 0 bridgehead atoms. The lowest BCUT2D eigenvalue weighted by Crippen LogP contribution is -2.37. The van der Waals surface area contributed by atoms with Crippen LogP contribution in [0.25, 0.3) is 0 Å². The number of hydrogen-bond donors (Lipinski definition) is 1. The number of esters is 1. The quantitative estimate of drug-likeness (QED) is 0.779. The Bertz CT molecular complexity index is 771. The Balaban J connectivity index is 2.09. The molecule has 0 aliphatic carbocycles. The third kappa shape index (κ3) is 3.86. The van der Waals surface area contributed by atoms with Gasteiger partial charge < -0.3 is 10.1 Å². The normalized spacial score (nSPS) is 14.5. The maximum absolute atomic E-state index is 12.1. The summed E-state index contributed by atoms with van der Waals surface area (Å²) in [5, 5.41) is 2.46. The van der Waals surface area contributed by atoms with Crippen molar-refractivity contribution in [3.8, 4) is 0 Å². The number of hydrogen-bond acceptors (Lipinski definition) is 6. The van der Waals surface area contributed by atoms with Crippen LogP contribution in [-0.2, 0) is 19.4 Å². The van der Waals surface area contributed by atoms with Crippen LogP contribution in [0.3, 0.4) is 0 Å². The molecular weight excluding hydrogens is 324 g/mol. The van der Waals surface area contributed by atoms with E-state index in [1.54, 1.807) is 6.92 Å². The van der Waals surface area contributed by atoms with Crippen molar-refractivity contribution < 1.29 is 27.5 Å². The first-order valence-corrected chi connectivity index (χ1v) is 8.65. The average molecular weight is 340 g/mol. The first kappa shape index (κ1) is 16.9. The number of amides is 3. The Morgan fingerprint density at radius 1 is 1.35 bits per heavy atom. The van der Waals surface area contributed by atoms with Gasteiger partial charge >= 0.3 is 12.0 Å². The number of carbonyl (C=O) groups excluding carboxylic acids is 3. The minimum Gasteiger partial charge on any atom is -0.452 e. The molecule has 0 unspecified atom stereocenters. The number of ether oxygens (including phenoxy) is 1. The highest BCUT2D eigenvalue weighted by molar-refractivity contribution is 7.90. The van der Waals surface area contributed by atoms with E-state index >= 15 is 0 Å². The predicted octanol–water partition coefficient (Wildman–Crippen LogP) is 0.107. The van der Waals surface area contributed by atoms with Crippen LogP contribution in [0.1, 0.15) is 15.9 Å². The number of carbonyl (C=O) groups is 3. The smallest absolute Gasteiger partial charge is 0.338 e. The van der Waals surface area contributed by atoms with Crippen molar-refractivity contribution in [1.29, 1.82) is 0 Å². The van der Waals surface area contributed by atoms with E-state index in [2.05, 4.69) is 5.32 Å². The number of sulfone groups is 1. The zero-order valence-corrected chi connectivity index (χ0v) is 13.5. The maximum Gasteiger partial charge on any atom is 0.338 e. The Labute approximate surface area is 133 Å². The van der Waals surface area contributed by atoms with Gasteiger partial charge in [-0.2, -0.15) is 0 Å². The number of aryl methyl sites for hydroxylation is 1. The van der Waals surface area contributed by atoms with E-state index in [1.807, 2.05) is 0 Å². The lowest BCUT2D eigenvalue weighted by atomic mass is 10.1.